The Hall–Kier alpha value is -1.29. The van der Waals surface area contributed by atoms with Gasteiger partial charge in [-0.1, -0.05) is 11.6 Å². The molecule has 0 radical (unpaired) electrons. The third kappa shape index (κ3) is 1.23. The standard InChI is InChI=1S/C9H10ClN3O/c1-5(2)13-3-6(10)7-8(13)11-4-12-9(7)14/h3-5H,1-2H3,(H,11,12,14). The van der Waals surface area contributed by atoms with E-state index in [0.29, 0.717) is 16.1 Å². The first-order valence-electron chi connectivity index (χ1n) is 4.35. The molecule has 0 saturated carbocycles. The number of aromatic nitrogens is 3. The third-order valence-corrected chi connectivity index (χ3v) is 2.41. The lowest BCUT2D eigenvalue weighted by Crippen LogP contribution is -2.07. The number of rotatable bonds is 1. The quantitative estimate of drug-likeness (QED) is 0.784. The van der Waals surface area contributed by atoms with Gasteiger partial charge in [-0.05, 0) is 13.8 Å². The van der Waals surface area contributed by atoms with E-state index in [2.05, 4.69) is 9.97 Å². The van der Waals surface area contributed by atoms with Crippen molar-refractivity contribution in [3.8, 4) is 0 Å². The second kappa shape index (κ2) is 3.13. The highest BCUT2D eigenvalue weighted by Gasteiger charge is 2.12. The minimum atomic E-state index is -0.195. The predicted molar refractivity (Wildman–Crippen MR) is 55.7 cm³/mol. The van der Waals surface area contributed by atoms with Gasteiger partial charge in [-0.15, -0.1) is 0 Å². The van der Waals surface area contributed by atoms with Gasteiger partial charge in [-0.25, -0.2) is 4.98 Å². The maximum atomic E-state index is 11.4. The topological polar surface area (TPSA) is 50.7 Å². The summed E-state index contributed by atoms with van der Waals surface area (Å²) in [6, 6.07) is 0.235. The molecule has 0 saturated heterocycles. The van der Waals surface area contributed by atoms with E-state index in [4.69, 9.17) is 11.6 Å². The van der Waals surface area contributed by atoms with E-state index in [1.165, 1.54) is 6.33 Å². The number of hydrogen-bond acceptors (Lipinski definition) is 2. The Bertz CT molecular complexity index is 526. The van der Waals surface area contributed by atoms with Gasteiger partial charge in [0.15, 0.2) is 0 Å². The van der Waals surface area contributed by atoms with Crippen LogP contribution in [0.25, 0.3) is 11.0 Å². The summed E-state index contributed by atoms with van der Waals surface area (Å²) in [6.45, 7) is 4.03. The van der Waals surface area contributed by atoms with Crippen LogP contribution in [-0.4, -0.2) is 14.5 Å². The highest BCUT2D eigenvalue weighted by molar-refractivity contribution is 6.35. The number of halogens is 1. The second-order valence-corrected chi connectivity index (χ2v) is 3.82. The van der Waals surface area contributed by atoms with Crippen molar-refractivity contribution in [3.63, 3.8) is 0 Å². The fraction of sp³-hybridized carbons (Fsp3) is 0.333. The number of H-pyrrole nitrogens is 1. The lowest BCUT2D eigenvalue weighted by molar-refractivity contribution is 0.617. The average molecular weight is 212 g/mol. The molecule has 0 aliphatic carbocycles. The molecule has 0 spiro atoms. The summed E-state index contributed by atoms with van der Waals surface area (Å²) in [6.07, 6.45) is 3.12. The van der Waals surface area contributed by atoms with Gasteiger partial charge in [0, 0.05) is 12.2 Å². The Morgan fingerprint density at radius 2 is 2.29 bits per heavy atom. The van der Waals surface area contributed by atoms with Crippen LogP contribution in [0.3, 0.4) is 0 Å². The number of fused-ring (bicyclic) bond motifs is 1. The smallest absolute Gasteiger partial charge is 0.261 e. The first kappa shape index (κ1) is 9.27. The van der Waals surface area contributed by atoms with Crippen LogP contribution in [-0.2, 0) is 0 Å². The van der Waals surface area contributed by atoms with Crippen molar-refractivity contribution in [1.29, 1.82) is 0 Å². The van der Waals surface area contributed by atoms with Crippen LogP contribution in [0.15, 0.2) is 17.3 Å². The van der Waals surface area contributed by atoms with Gasteiger partial charge in [0.25, 0.3) is 5.56 Å². The summed E-state index contributed by atoms with van der Waals surface area (Å²) < 4.78 is 1.88. The zero-order chi connectivity index (χ0) is 10.3. The van der Waals surface area contributed by atoms with Crippen molar-refractivity contribution >= 4 is 22.6 Å². The molecule has 0 amide bonds. The lowest BCUT2D eigenvalue weighted by atomic mass is 10.4. The molecule has 2 heterocycles. The molecular weight excluding hydrogens is 202 g/mol. The molecule has 0 bridgehead atoms. The Balaban J connectivity index is 2.91. The van der Waals surface area contributed by atoms with Crippen molar-refractivity contribution < 1.29 is 0 Å². The molecular formula is C9H10ClN3O. The molecule has 2 aromatic heterocycles. The van der Waals surface area contributed by atoms with E-state index in [0.717, 1.165) is 0 Å². The molecule has 74 valence electrons. The van der Waals surface area contributed by atoms with Crippen molar-refractivity contribution in [1.82, 2.24) is 14.5 Å². The minimum Gasteiger partial charge on any atom is -0.328 e. The first-order chi connectivity index (χ1) is 6.61. The molecule has 1 N–H and O–H groups in total. The summed E-state index contributed by atoms with van der Waals surface area (Å²) in [5.41, 5.74) is 0.438. The predicted octanol–water partition coefficient (Wildman–Crippen LogP) is 1.96. The molecule has 0 fully saturated rings. The molecule has 0 unspecified atom stereocenters. The SMILES string of the molecule is CC(C)n1cc(Cl)c2c(=O)[nH]cnc21. The van der Waals surface area contributed by atoms with Crippen molar-refractivity contribution in [3.05, 3.63) is 27.9 Å². The van der Waals surface area contributed by atoms with E-state index in [1.807, 2.05) is 18.4 Å². The molecule has 2 rings (SSSR count). The van der Waals surface area contributed by atoms with E-state index < -0.39 is 0 Å². The Morgan fingerprint density at radius 3 is 2.93 bits per heavy atom. The molecule has 0 aromatic carbocycles. The second-order valence-electron chi connectivity index (χ2n) is 3.41. The Morgan fingerprint density at radius 1 is 1.57 bits per heavy atom. The van der Waals surface area contributed by atoms with E-state index >= 15 is 0 Å². The van der Waals surface area contributed by atoms with E-state index in [9.17, 15) is 4.79 Å². The molecule has 0 aliphatic rings. The van der Waals surface area contributed by atoms with E-state index in [-0.39, 0.29) is 11.6 Å². The maximum Gasteiger partial charge on any atom is 0.261 e. The minimum absolute atomic E-state index is 0.195. The zero-order valence-corrected chi connectivity index (χ0v) is 8.67. The number of nitrogens with zero attached hydrogens (tertiary/aromatic N) is 2. The number of nitrogens with one attached hydrogen (secondary N) is 1. The van der Waals surface area contributed by atoms with Crippen LogP contribution in [0, 0.1) is 0 Å². The number of aromatic amines is 1. The Kier molecular flexibility index (Phi) is 2.07. The van der Waals surface area contributed by atoms with Gasteiger partial charge >= 0.3 is 0 Å². The van der Waals surface area contributed by atoms with Gasteiger partial charge in [-0.3, -0.25) is 4.79 Å². The van der Waals surface area contributed by atoms with Crippen LogP contribution in [0.5, 0.6) is 0 Å². The fourth-order valence-electron chi connectivity index (χ4n) is 1.44. The molecule has 2 aromatic rings. The van der Waals surface area contributed by atoms with Crippen LogP contribution in [0.4, 0.5) is 0 Å². The van der Waals surface area contributed by atoms with Gasteiger partial charge in [0.05, 0.1) is 11.3 Å². The van der Waals surface area contributed by atoms with Gasteiger partial charge in [-0.2, -0.15) is 0 Å². The van der Waals surface area contributed by atoms with Crippen molar-refractivity contribution in [2.45, 2.75) is 19.9 Å². The summed E-state index contributed by atoms with van der Waals surface area (Å²) in [5.74, 6) is 0. The van der Waals surface area contributed by atoms with E-state index in [1.54, 1.807) is 6.20 Å². The molecule has 14 heavy (non-hydrogen) atoms. The number of hydrogen-bond donors (Lipinski definition) is 1. The van der Waals surface area contributed by atoms with Crippen LogP contribution in [0.1, 0.15) is 19.9 Å². The van der Waals surface area contributed by atoms with Crippen LogP contribution >= 0.6 is 11.6 Å². The third-order valence-electron chi connectivity index (χ3n) is 2.13. The van der Waals surface area contributed by atoms with Crippen LogP contribution < -0.4 is 5.56 Å². The summed E-state index contributed by atoms with van der Waals surface area (Å²) >= 11 is 5.95. The fourth-order valence-corrected chi connectivity index (χ4v) is 1.72. The van der Waals surface area contributed by atoms with Gasteiger partial charge < -0.3 is 9.55 Å². The molecule has 0 atom stereocenters. The lowest BCUT2D eigenvalue weighted by Gasteiger charge is -2.06. The largest absolute Gasteiger partial charge is 0.328 e. The summed E-state index contributed by atoms with van der Waals surface area (Å²) in [5, 5.41) is 0.908. The zero-order valence-electron chi connectivity index (χ0n) is 7.91. The summed E-state index contributed by atoms with van der Waals surface area (Å²) in [7, 11) is 0. The Labute approximate surface area is 85.5 Å². The van der Waals surface area contributed by atoms with Crippen molar-refractivity contribution in [2.24, 2.45) is 0 Å². The highest BCUT2D eigenvalue weighted by Crippen LogP contribution is 2.23. The normalized spacial score (nSPS) is 11.4. The highest BCUT2D eigenvalue weighted by atomic mass is 35.5. The molecule has 5 heteroatoms. The monoisotopic (exact) mass is 211 g/mol. The van der Waals surface area contributed by atoms with Crippen molar-refractivity contribution in [2.75, 3.05) is 0 Å². The van der Waals surface area contributed by atoms with Gasteiger partial charge in [0.2, 0.25) is 0 Å². The summed E-state index contributed by atoms with van der Waals surface area (Å²) in [4.78, 5) is 18.1. The van der Waals surface area contributed by atoms with Gasteiger partial charge in [0.1, 0.15) is 11.0 Å². The average Bonchev–Trinajstić information content (AvgIpc) is 2.45. The molecule has 4 nitrogen and oxygen atoms in total. The maximum absolute atomic E-state index is 11.4. The van der Waals surface area contributed by atoms with Crippen LogP contribution in [0.2, 0.25) is 5.02 Å². The first-order valence-corrected chi connectivity index (χ1v) is 4.72. The molecule has 0 aliphatic heterocycles.